The van der Waals surface area contributed by atoms with Crippen LogP contribution < -0.4 is 9.80 Å². The normalized spacial score (nSPS) is 14.1. The van der Waals surface area contributed by atoms with E-state index in [0.29, 0.717) is 0 Å². The van der Waals surface area contributed by atoms with E-state index in [4.69, 9.17) is 0 Å². The molecule has 0 atom stereocenters. The molecule has 2 heteroatoms. The highest BCUT2D eigenvalue weighted by Crippen LogP contribution is 2.57. The topological polar surface area (TPSA) is 6.48 Å². The lowest BCUT2D eigenvalue weighted by atomic mass is 9.73. The fourth-order valence-corrected chi connectivity index (χ4v) is 13.7. The molecule has 2 aliphatic rings. The van der Waals surface area contributed by atoms with E-state index in [1.807, 2.05) is 0 Å². The van der Waals surface area contributed by atoms with Crippen molar-refractivity contribution in [2.45, 2.75) is 38.5 Å². The van der Waals surface area contributed by atoms with Gasteiger partial charge in [0.15, 0.2) is 0 Å². The first kappa shape index (κ1) is 45.9. The summed E-state index contributed by atoms with van der Waals surface area (Å²) in [5.41, 5.74) is 21.6. The number of nitrogens with zero attached hydrogens (tertiary/aromatic N) is 2. The first-order chi connectivity index (χ1) is 38.3. The SMILES string of the molecule is CC1(C)c2ccccc2N(c2ccc3c(-c4ccccc4-c4cccc5ccccc45)c4cc(N5c6ccccc6C(C)(C)c6ccccc65)ccc4c(-c4ccccc4-c4cccc5ccccc45)c3c2)c2ccccc21. The van der Waals surface area contributed by atoms with Crippen LogP contribution in [0.5, 0.6) is 0 Å². The number of para-hydroxylation sites is 4. The van der Waals surface area contributed by atoms with Crippen molar-refractivity contribution in [3.63, 3.8) is 0 Å². The van der Waals surface area contributed by atoms with Gasteiger partial charge in [0.25, 0.3) is 0 Å². The van der Waals surface area contributed by atoms with E-state index in [1.54, 1.807) is 0 Å². The molecule has 2 nitrogen and oxygen atoms in total. The summed E-state index contributed by atoms with van der Waals surface area (Å²) in [6.45, 7) is 9.47. The van der Waals surface area contributed by atoms with Gasteiger partial charge >= 0.3 is 0 Å². The molecule has 0 saturated heterocycles. The van der Waals surface area contributed by atoms with Crippen LogP contribution in [0.1, 0.15) is 49.9 Å². The molecule has 370 valence electrons. The highest BCUT2D eigenvalue weighted by atomic mass is 15.2. The molecule has 0 bridgehead atoms. The van der Waals surface area contributed by atoms with Gasteiger partial charge in [-0.2, -0.15) is 0 Å². The number of rotatable bonds is 6. The second kappa shape index (κ2) is 17.5. The molecular formula is C76H56N2. The first-order valence-electron chi connectivity index (χ1n) is 27.4. The molecule has 0 unspecified atom stereocenters. The van der Waals surface area contributed by atoms with Crippen LogP contribution in [0.25, 0.3) is 87.6 Å². The predicted octanol–water partition coefficient (Wildman–Crippen LogP) is 21.2. The molecule has 0 N–H and O–H groups in total. The van der Waals surface area contributed by atoms with Gasteiger partial charge in [-0.05, 0) is 158 Å². The minimum absolute atomic E-state index is 0.194. The molecule has 0 fully saturated rings. The van der Waals surface area contributed by atoms with Crippen molar-refractivity contribution < 1.29 is 0 Å². The standard InChI is InChI=1S/C76H56N2/c1-75(2)65-35-13-17-39-69(65)77(70-40-18-14-36-66(70)75)51-43-45-61-63(47-51)73(59-31-11-9-29-57(59)55-33-21-25-49-23-5-7-27-53(49)55)62-46-44-52(78-71-41-19-15-37-67(71)76(3,4)68-38-16-20-42-72(68)78)48-64(62)74(61)60-32-12-10-30-58(60)56-34-22-26-50-24-6-8-28-54(50)56/h5-48H,1-4H3. The van der Waals surface area contributed by atoms with Crippen LogP contribution in [-0.4, -0.2) is 0 Å². The van der Waals surface area contributed by atoms with Gasteiger partial charge in [0.2, 0.25) is 0 Å². The third-order valence-electron chi connectivity index (χ3n) is 17.4. The van der Waals surface area contributed by atoms with Crippen molar-refractivity contribution >= 4 is 77.2 Å². The average Bonchev–Trinajstić information content (AvgIpc) is 3.48. The monoisotopic (exact) mass is 996 g/mol. The summed E-state index contributed by atoms with van der Waals surface area (Å²) in [5, 5.41) is 9.69. The number of hydrogen-bond acceptors (Lipinski definition) is 2. The van der Waals surface area contributed by atoms with Crippen LogP contribution >= 0.6 is 0 Å². The van der Waals surface area contributed by atoms with Crippen molar-refractivity contribution in [3.8, 4) is 44.5 Å². The van der Waals surface area contributed by atoms with Gasteiger partial charge in [-0.25, -0.2) is 0 Å². The zero-order valence-electron chi connectivity index (χ0n) is 44.3. The van der Waals surface area contributed by atoms with Crippen molar-refractivity contribution in [1.82, 2.24) is 0 Å². The Bertz CT molecular complexity index is 4190. The van der Waals surface area contributed by atoms with E-state index < -0.39 is 0 Å². The Hall–Kier alpha value is -9.50. The van der Waals surface area contributed by atoms with Crippen LogP contribution in [0.3, 0.4) is 0 Å². The van der Waals surface area contributed by atoms with E-state index in [2.05, 4.69) is 304 Å². The van der Waals surface area contributed by atoms with E-state index in [1.165, 1.54) is 133 Å². The van der Waals surface area contributed by atoms with Crippen LogP contribution in [0.2, 0.25) is 0 Å². The van der Waals surface area contributed by atoms with Gasteiger partial charge in [0.05, 0.1) is 22.7 Å². The Morgan fingerprint density at radius 2 is 0.526 bits per heavy atom. The number of anilines is 6. The average molecular weight is 997 g/mol. The molecule has 13 aromatic carbocycles. The first-order valence-corrected chi connectivity index (χ1v) is 27.4. The lowest BCUT2D eigenvalue weighted by Gasteiger charge is -2.42. The molecule has 0 spiro atoms. The molecule has 2 heterocycles. The fraction of sp³-hybridized carbons (Fsp3) is 0.0789. The maximum atomic E-state index is 2.51. The van der Waals surface area contributed by atoms with Crippen LogP contribution in [0, 0.1) is 0 Å². The minimum Gasteiger partial charge on any atom is -0.310 e. The van der Waals surface area contributed by atoms with Crippen molar-refractivity contribution in [2.24, 2.45) is 0 Å². The summed E-state index contributed by atoms with van der Waals surface area (Å²) in [7, 11) is 0. The second-order valence-electron chi connectivity index (χ2n) is 22.3. The Kier molecular flexibility index (Phi) is 10.3. The van der Waals surface area contributed by atoms with Crippen LogP contribution in [0.4, 0.5) is 34.1 Å². The third kappa shape index (κ3) is 6.82. The van der Waals surface area contributed by atoms with E-state index in [-0.39, 0.29) is 10.8 Å². The zero-order valence-corrected chi connectivity index (χ0v) is 44.3. The smallest absolute Gasteiger partial charge is 0.0502 e. The zero-order chi connectivity index (χ0) is 52.3. The maximum Gasteiger partial charge on any atom is 0.0502 e. The highest BCUT2D eigenvalue weighted by Gasteiger charge is 2.38. The lowest BCUT2D eigenvalue weighted by Crippen LogP contribution is -2.30. The quantitative estimate of drug-likeness (QED) is 0.153. The predicted molar refractivity (Wildman–Crippen MR) is 332 cm³/mol. The van der Waals surface area contributed by atoms with Gasteiger partial charge < -0.3 is 9.80 Å². The van der Waals surface area contributed by atoms with Crippen LogP contribution in [-0.2, 0) is 10.8 Å². The van der Waals surface area contributed by atoms with Gasteiger partial charge in [0, 0.05) is 22.2 Å². The fourth-order valence-electron chi connectivity index (χ4n) is 13.7. The lowest BCUT2D eigenvalue weighted by molar-refractivity contribution is 0.632. The molecule has 2 aliphatic heterocycles. The van der Waals surface area contributed by atoms with Gasteiger partial charge in [-0.15, -0.1) is 0 Å². The molecule has 0 aromatic heterocycles. The molecule has 0 amide bonds. The molecule has 0 saturated carbocycles. The molecule has 0 aliphatic carbocycles. The van der Waals surface area contributed by atoms with Crippen molar-refractivity contribution in [3.05, 3.63) is 289 Å². The van der Waals surface area contributed by atoms with Crippen molar-refractivity contribution in [1.29, 1.82) is 0 Å². The Morgan fingerprint density at radius 3 is 0.910 bits per heavy atom. The molecule has 0 radical (unpaired) electrons. The van der Waals surface area contributed by atoms with Gasteiger partial charge in [0.1, 0.15) is 0 Å². The van der Waals surface area contributed by atoms with E-state index in [9.17, 15) is 0 Å². The van der Waals surface area contributed by atoms with Gasteiger partial charge in [-0.3, -0.25) is 0 Å². The van der Waals surface area contributed by atoms with E-state index >= 15 is 0 Å². The number of hydrogen-bond donors (Lipinski definition) is 0. The summed E-state index contributed by atoms with van der Waals surface area (Å²) in [6, 6.07) is 100. The molecular weight excluding hydrogens is 941 g/mol. The van der Waals surface area contributed by atoms with Crippen LogP contribution in [0.15, 0.2) is 267 Å². The molecule has 15 rings (SSSR count). The van der Waals surface area contributed by atoms with Gasteiger partial charge in [-0.1, -0.05) is 246 Å². The second-order valence-corrected chi connectivity index (χ2v) is 22.3. The highest BCUT2D eigenvalue weighted by molar-refractivity contribution is 6.25. The van der Waals surface area contributed by atoms with E-state index in [0.717, 1.165) is 11.4 Å². The Balaban J connectivity index is 1.10. The minimum atomic E-state index is -0.194. The summed E-state index contributed by atoms with van der Waals surface area (Å²) in [5.74, 6) is 0. The Labute approximate surface area is 456 Å². The van der Waals surface area contributed by atoms with Crippen molar-refractivity contribution in [2.75, 3.05) is 9.80 Å². The molecule has 78 heavy (non-hydrogen) atoms. The summed E-state index contributed by atoms with van der Waals surface area (Å²) in [6.07, 6.45) is 0. The number of fused-ring (bicyclic) bond motifs is 8. The Morgan fingerprint density at radius 1 is 0.231 bits per heavy atom. The summed E-state index contributed by atoms with van der Waals surface area (Å²) >= 11 is 0. The maximum absolute atomic E-state index is 2.51. The summed E-state index contributed by atoms with van der Waals surface area (Å²) in [4.78, 5) is 5.03. The summed E-state index contributed by atoms with van der Waals surface area (Å²) < 4.78 is 0. The largest absolute Gasteiger partial charge is 0.310 e. The number of benzene rings is 13. The third-order valence-corrected chi connectivity index (χ3v) is 17.4. The molecule has 13 aromatic rings.